The molecule has 0 aliphatic carbocycles. The number of carbonyl (C=O) groups is 3. The van der Waals surface area contributed by atoms with Crippen molar-refractivity contribution in [3.63, 3.8) is 0 Å². The van der Waals surface area contributed by atoms with Crippen LogP contribution in [0.4, 0.5) is 0 Å². The van der Waals surface area contributed by atoms with Gasteiger partial charge in [0.05, 0.1) is 12.1 Å². The highest BCUT2D eigenvalue weighted by atomic mass is 16.2. The van der Waals surface area contributed by atoms with Gasteiger partial charge in [-0.2, -0.15) is 0 Å². The predicted molar refractivity (Wildman–Crippen MR) is 148 cm³/mol. The summed E-state index contributed by atoms with van der Waals surface area (Å²) in [4.78, 5) is 36.0. The number of unbranched alkanes of at least 4 members (excludes halogenated alkanes) is 4. The molecular weight excluding hydrogens is 428 g/mol. The van der Waals surface area contributed by atoms with Gasteiger partial charge in [0.25, 0.3) is 0 Å². The molecule has 0 aliphatic heterocycles. The van der Waals surface area contributed by atoms with Crippen LogP contribution in [0, 0.1) is 0 Å². The zero-order chi connectivity index (χ0) is 27.2. The molecule has 0 radical (unpaired) electrons. The van der Waals surface area contributed by atoms with E-state index in [9.17, 15) is 14.4 Å². The van der Waals surface area contributed by atoms with Crippen LogP contribution in [0.5, 0.6) is 0 Å². The van der Waals surface area contributed by atoms with Gasteiger partial charge in [-0.15, -0.1) is 0 Å². The van der Waals surface area contributed by atoms with Gasteiger partial charge < -0.3 is 21.3 Å². The molecule has 2 atom stereocenters. The van der Waals surface area contributed by atoms with Gasteiger partial charge in [0, 0.05) is 13.0 Å². The molecule has 4 N–H and O–H groups in total. The largest absolute Gasteiger partial charge is 0.356 e. The lowest BCUT2D eigenvalue weighted by atomic mass is 10.0. The van der Waals surface area contributed by atoms with E-state index in [1.807, 2.05) is 48.6 Å². The second kappa shape index (κ2) is 33.7. The van der Waals surface area contributed by atoms with Gasteiger partial charge >= 0.3 is 0 Å². The van der Waals surface area contributed by atoms with Gasteiger partial charge in [-0.1, -0.05) is 61.3 Å². The first-order valence-electron chi connectivity index (χ1n) is 13.9. The molecule has 0 bridgehead atoms. The summed E-state index contributed by atoms with van der Waals surface area (Å²) in [6, 6.07) is -0.734. The first-order valence-corrected chi connectivity index (χ1v) is 13.9. The number of Topliss-reactive ketones (excluding diaryl/α,β-unsaturated/α-hetero) is 1. The molecule has 2 unspecified atom stereocenters. The van der Waals surface area contributed by atoms with Crippen molar-refractivity contribution in [3.05, 3.63) is 0 Å². The molecule has 0 saturated heterocycles. The van der Waals surface area contributed by atoms with Crippen LogP contribution in [-0.4, -0.2) is 56.9 Å². The predicted octanol–water partition coefficient (Wildman–Crippen LogP) is 4.98. The maximum atomic E-state index is 12.5. The molecule has 0 heterocycles. The topological polar surface area (TPSA) is 99.3 Å². The van der Waals surface area contributed by atoms with E-state index in [4.69, 9.17) is 0 Å². The van der Waals surface area contributed by atoms with E-state index in [2.05, 4.69) is 28.2 Å². The molecule has 0 spiro atoms. The summed E-state index contributed by atoms with van der Waals surface area (Å²) >= 11 is 0. The van der Waals surface area contributed by atoms with Crippen molar-refractivity contribution in [1.29, 1.82) is 0 Å². The number of carbonyl (C=O) groups excluding carboxylic acids is 3. The Morgan fingerprint density at radius 1 is 0.706 bits per heavy atom. The van der Waals surface area contributed by atoms with Crippen LogP contribution in [0.1, 0.15) is 120 Å². The van der Waals surface area contributed by atoms with E-state index >= 15 is 0 Å². The van der Waals surface area contributed by atoms with Crippen LogP contribution in [-0.2, 0) is 14.4 Å². The first-order chi connectivity index (χ1) is 16.5. The number of nitrogens with one attached hydrogen (secondary N) is 4. The molecule has 0 aliphatic rings. The SMILES string of the molecule is CC.CC.CC.CCCCCC(=O)NCCCCC(NC)C(=O)NC(CCCCNC)C(C)=O. The van der Waals surface area contributed by atoms with Crippen molar-refractivity contribution in [2.75, 3.05) is 27.2 Å². The molecule has 206 valence electrons. The maximum Gasteiger partial charge on any atom is 0.237 e. The Bertz CT molecular complexity index is 446. The summed E-state index contributed by atoms with van der Waals surface area (Å²) in [6.07, 6.45) is 8.63. The highest BCUT2D eigenvalue weighted by molar-refractivity contribution is 5.89. The number of ketones is 1. The fourth-order valence-electron chi connectivity index (χ4n) is 3.03. The van der Waals surface area contributed by atoms with E-state index in [-0.39, 0.29) is 23.6 Å². The summed E-state index contributed by atoms with van der Waals surface area (Å²) < 4.78 is 0. The van der Waals surface area contributed by atoms with Crippen LogP contribution < -0.4 is 21.3 Å². The Morgan fingerprint density at radius 3 is 1.71 bits per heavy atom. The smallest absolute Gasteiger partial charge is 0.237 e. The lowest BCUT2D eigenvalue weighted by Crippen LogP contribution is -2.49. The first kappa shape index (κ1) is 39.7. The Hall–Kier alpha value is -1.47. The number of likely N-dealkylation sites (N-methyl/N-ethyl adjacent to an activating group) is 1. The minimum Gasteiger partial charge on any atom is -0.356 e. The van der Waals surface area contributed by atoms with Gasteiger partial charge in [0.1, 0.15) is 0 Å². The van der Waals surface area contributed by atoms with Crippen molar-refractivity contribution >= 4 is 17.6 Å². The zero-order valence-electron chi connectivity index (χ0n) is 24.4. The van der Waals surface area contributed by atoms with Crippen LogP contribution >= 0.6 is 0 Å². The Kier molecular flexibility index (Phi) is 39.4. The number of amides is 2. The highest BCUT2D eigenvalue weighted by Gasteiger charge is 2.22. The quantitative estimate of drug-likeness (QED) is 0.204. The summed E-state index contributed by atoms with van der Waals surface area (Å²) in [5.41, 5.74) is 0. The average Bonchev–Trinajstić information content (AvgIpc) is 2.86. The van der Waals surface area contributed by atoms with Gasteiger partial charge in [-0.25, -0.2) is 0 Å². The normalized spacial score (nSPS) is 11.2. The maximum absolute atomic E-state index is 12.5. The lowest BCUT2D eigenvalue weighted by Gasteiger charge is -2.21. The van der Waals surface area contributed by atoms with Crippen LogP contribution in [0.3, 0.4) is 0 Å². The molecule has 2 amide bonds. The second-order valence-electron chi connectivity index (χ2n) is 7.42. The average molecular weight is 489 g/mol. The van der Waals surface area contributed by atoms with Crippen LogP contribution in [0.15, 0.2) is 0 Å². The van der Waals surface area contributed by atoms with E-state index < -0.39 is 6.04 Å². The third kappa shape index (κ3) is 26.8. The lowest BCUT2D eigenvalue weighted by molar-refractivity contribution is -0.128. The van der Waals surface area contributed by atoms with Crippen LogP contribution in [0.25, 0.3) is 0 Å². The van der Waals surface area contributed by atoms with E-state index in [1.54, 1.807) is 7.05 Å². The minimum atomic E-state index is -0.414. The van der Waals surface area contributed by atoms with E-state index in [0.717, 1.165) is 51.5 Å². The summed E-state index contributed by atoms with van der Waals surface area (Å²) in [5.74, 6) is -0.0164. The standard InChI is InChI=1S/C21H42N4O3.3C2H6/c1-5-6-7-14-20(27)24-16-11-9-13-19(23-4)21(28)25-18(17(2)26)12-8-10-15-22-3;3*1-2/h18-19,22-23H,5-16H2,1-4H3,(H,24,27)(H,25,28);3*1-2H3. The van der Waals surface area contributed by atoms with Crippen molar-refractivity contribution in [2.45, 2.75) is 132 Å². The third-order valence-corrected chi connectivity index (χ3v) is 4.89. The molecule has 0 rings (SSSR count). The Morgan fingerprint density at radius 2 is 1.24 bits per heavy atom. The molecule has 0 aromatic rings. The molecule has 0 aromatic carbocycles. The number of hydrogen-bond donors (Lipinski definition) is 4. The molecule has 0 aromatic heterocycles. The monoisotopic (exact) mass is 488 g/mol. The van der Waals surface area contributed by atoms with Gasteiger partial charge in [-0.3, -0.25) is 14.4 Å². The third-order valence-electron chi connectivity index (χ3n) is 4.89. The van der Waals surface area contributed by atoms with Crippen molar-refractivity contribution in [3.8, 4) is 0 Å². The highest BCUT2D eigenvalue weighted by Crippen LogP contribution is 2.06. The summed E-state index contributed by atoms with van der Waals surface area (Å²) in [6.45, 7) is 17.2. The van der Waals surface area contributed by atoms with Gasteiger partial charge in [0.2, 0.25) is 11.8 Å². The minimum absolute atomic E-state index is 0.00144. The Balaban J connectivity index is -0.000000689. The van der Waals surface area contributed by atoms with Gasteiger partial charge in [0.15, 0.2) is 5.78 Å². The molecule has 34 heavy (non-hydrogen) atoms. The number of rotatable bonds is 18. The van der Waals surface area contributed by atoms with Crippen LogP contribution in [0.2, 0.25) is 0 Å². The van der Waals surface area contributed by atoms with Crippen molar-refractivity contribution < 1.29 is 14.4 Å². The molecular formula is C27H60N4O3. The molecule has 0 saturated carbocycles. The number of hydrogen-bond acceptors (Lipinski definition) is 5. The summed E-state index contributed by atoms with van der Waals surface area (Å²) in [7, 11) is 3.66. The molecule has 0 fully saturated rings. The Labute approximate surface area is 212 Å². The fraction of sp³-hybridized carbons (Fsp3) is 0.889. The summed E-state index contributed by atoms with van der Waals surface area (Å²) in [5, 5.41) is 11.9. The van der Waals surface area contributed by atoms with Crippen molar-refractivity contribution in [2.24, 2.45) is 0 Å². The molecule has 7 heteroatoms. The molecule has 7 nitrogen and oxygen atoms in total. The zero-order valence-corrected chi connectivity index (χ0v) is 24.4. The van der Waals surface area contributed by atoms with Gasteiger partial charge in [-0.05, 0) is 72.5 Å². The van der Waals surface area contributed by atoms with E-state index in [1.165, 1.54) is 6.92 Å². The van der Waals surface area contributed by atoms with E-state index in [0.29, 0.717) is 25.8 Å². The van der Waals surface area contributed by atoms with Crippen molar-refractivity contribution in [1.82, 2.24) is 21.3 Å². The fourth-order valence-corrected chi connectivity index (χ4v) is 3.03. The second-order valence-corrected chi connectivity index (χ2v) is 7.42.